The third-order valence-electron chi connectivity index (χ3n) is 4.74. The molecule has 0 spiro atoms. The summed E-state index contributed by atoms with van der Waals surface area (Å²) in [5.74, 6) is 0. The van der Waals surface area contributed by atoms with Crippen molar-refractivity contribution in [3.05, 3.63) is 65.2 Å². The fraction of sp³-hybridized carbons (Fsp3) is 0.0952. The number of hydrogen-bond donors (Lipinski definition) is 0. The third kappa shape index (κ3) is 1.85. The number of para-hydroxylation sites is 1. The standard InChI is InChI=1S/C21H15NOS/c1-12-10-17(22-11-13(12)2)14-4-3-5-16-20-15-8-9-24-19(15)7-6-18(20)23-21(14)16/h3-11H,1-2H3. The number of furan rings is 1. The van der Waals surface area contributed by atoms with Crippen LogP contribution in [0.25, 0.3) is 43.3 Å². The average molecular weight is 329 g/mol. The number of benzene rings is 2. The van der Waals surface area contributed by atoms with Crippen LogP contribution in [0.5, 0.6) is 0 Å². The van der Waals surface area contributed by atoms with Crippen LogP contribution in [-0.4, -0.2) is 4.98 Å². The Morgan fingerprint density at radius 3 is 2.75 bits per heavy atom. The van der Waals surface area contributed by atoms with Gasteiger partial charge in [0, 0.05) is 32.6 Å². The Hall–Kier alpha value is -2.65. The molecule has 0 aliphatic carbocycles. The van der Waals surface area contributed by atoms with Crippen molar-refractivity contribution >= 4 is 43.4 Å². The maximum atomic E-state index is 6.25. The fourth-order valence-electron chi connectivity index (χ4n) is 3.31. The van der Waals surface area contributed by atoms with E-state index >= 15 is 0 Å². The Kier molecular flexibility index (Phi) is 2.82. The van der Waals surface area contributed by atoms with Crippen molar-refractivity contribution in [2.24, 2.45) is 0 Å². The van der Waals surface area contributed by atoms with E-state index in [1.807, 2.05) is 6.20 Å². The van der Waals surface area contributed by atoms with Crippen LogP contribution in [0.15, 0.2) is 58.5 Å². The molecule has 3 heterocycles. The second kappa shape index (κ2) is 4.92. The lowest BCUT2D eigenvalue weighted by Gasteiger charge is -2.05. The highest BCUT2D eigenvalue weighted by Crippen LogP contribution is 2.39. The number of aromatic nitrogens is 1. The van der Waals surface area contributed by atoms with Crippen molar-refractivity contribution in [1.29, 1.82) is 0 Å². The van der Waals surface area contributed by atoms with Gasteiger partial charge >= 0.3 is 0 Å². The second-order valence-corrected chi connectivity index (χ2v) is 7.16. The van der Waals surface area contributed by atoms with Crippen molar-refractivity contribution in [3.8, 4) is 11.3 Å². The quantitative estimate of drug-likeness (QED) is 0.352. The summed E-state index contributed by atoms with van der Waals surface area (Å²) < 4.78 is 7.54. The van der Waals surface area contributed by atoms with Crippen LogP contribution in [0.4, 0.5) is 0 Å². The van der Waals surface area contributed by atoms with Crippen molar-refractivity contribution in [3.63, 3.8) is 0 Å². The lowest BCUT2D eigenvalue weighted by molar-refractivity contribution is 0.670. The summed E-state index contributed by atoms with van der Waals surface area (Å²) in [7, 11) is 0. The molecule has 116 valence electrons. The van der Waals surface area contributed by atoms with Gasteiger partial charge in [-0.05, 0) is 60.7 Å². The fourth-order valence-corrected chi connectivity index (χ4v) is 4.11. The van der Waals surface area contributed by atoms with Gasteiger partial charge in [-0.25, -0.2) is 0 Å². The number of pyridine rings is 1. The number of thiophene rings is 1. The molecule has 0 bridgehead atoms. The maximum Gasteiger partial charge on any atom is 0.144 e. The summed E-state index contributed by atoms with van der Waals surface area (Å²) in [6, 6.07) is 14.9. The summed E-state index contributed by atoms with van der Waals surface area (Å²) in [5.41, 5.74) is 6.32. The van der Waals surface area contributed by atoms with Crippen LogP contribution in [-0.2, 0) is 0 Å². The first-order chi connectivity index (χ1) is 11.7. The minimum Gasteiger partial charge on any atom is -0.455 e. The van der Waals surface area contributed by atoms with E-state index in [9.17, 15) is 0 Å². The molecule has 0 N–H and O–H groups in total. The normalized spacial score (nSPS) is 11.8. The largest absolute Gasteiger partial charge is 0.455 e. The van der Waals surface area contributed by atoms with Gasteiger partial charge in [0.1, 0.15) is 11.2 Å². The van der Waals surface area contributed by atoms with Gasteiger partial charge in [-0.3, -0.25) is 4.98 Å². The van der Waals surface area contributed by atoms with Crippen LogP contribution in [0.3, 0.4) is 0 Å². The summed E-state index contributed by atoms with van der Waals surface area (Å²) in [6.45, 7) is 4.20. The zero-order valence-corrected chi connectivity index (χ0v) is 14.3. The number of fused-ring (bicyclic) bond motifs is 5. The van der Waals surface area contributed by atoms with E-state index in [0.717, 1.165) is 27.8 Å². The predicted molar refractivity (Wildman–Crippen MR) is 102 cm³/mol. The molecule has 0 fully saturated rings. The summed E-state index contributed by atoms with van der Waals surface area (Å²) in [6.07, 6.45) is 1.93. The molecule has 0 saturated heterocycles. The van der Waals surface area contributed by atoms with E-state index in [2.05, 4.69) is 66.7 Å². The summed E-state index contributed by atoms with van der Waals surface area (Å²) in [4.78, 5) is 4.62. The van der Waals surface area contributed by atoms with Crippen molar-refractivity contribution in [2.45, 2.75) is 13.8 Å². The highest BCUT2D eigenvalue weighted by molar-refractivity contribution is 7.17. The third-order valence-corrected chi connectivity index (χ3v) is 5.62. The topological polar surface area (TPSA) is 26.0 Å². The van der Waals surface area contributed by atoms with Crippen LogP contribution in [0.1, 0.15) is 11.1 Å². The van der Waals surface area contributed by atoms with E-state index < -0.39 is 0 Å². The number of rotatable bonds is 1. The molecule has 5 aromatic rings. The molecule has 2 nitrogen and oxygen atoms in total. The van der Waals surface area contributed by atoms with Gasteiger partial charge in [0.15, 0.2) is 0 Å². The second-order valence-electron chi connectivity index (χ2n) is 6.21. The molecule has 0 aliphatic rings. The SMILES string of the molecule is Cc1cnc(-c2cccc3c2oc2ccc4sccc4c23)cc1C. The van der Waals surface area contributed by atoms with Crippen LogP contribution >= 0.6 is 11.3 Å². The first-order valence-corrected chi connectivity index (χ1v) is 8.85. The predicted octanol–water partition coefficient (Wildman–Crippen LogP) is 6.48. The van der Waals surface area contributed by atoms with E-state index in [-0.39, 0.29) is 0 Å². The average Bonchev–Trinajstić information content (AvgIpc) is 3.20. The lowest BCUT2D eigenvalue weighted by atomic mass is 10.0. The van der Waals surface area contributed by atoms with Crippen LogP contribution in [0.2, 0.25) is 0 Å². The molecular formula is C21H15NOS. The van der Waals surface area contributed by atoms with Crippen LogP contribution < -0.4 is 0 Å². The van der Waals surface area contributed by atoms with Gasteiger partial charge < -0.3 is 4.42 Å². The smallest absolute Gasteiger partial charge is 0.144 e. The Morgan fingerprint density at radius 2 is 1.88 bits per heavy atom. The minimum absolute atomic E-state index is 0.918. The first-order valence-electron chi connectivity index (χ1n) is 7.97. The molecule has 0 radical (unpaired) electrons. The molecule has 3 aromatic heterocycles. The Labute approximate surface area is 143 Å². The number of hydrogen-bond acceptors (Lipinski definition) is 3. The van der Waals surface area contributed by atoms with Gasteiger partial charge in [0.05, 0.1) is 5.69 Å². The minimum atomic E-state index is 0.918. The highest BCUT2D eigenvalue weighted by atomic mass is 32.1. The Bertz CT molecular complexity index is 1230. The molecule has 0 aliphatic heterocycles. The van der Waals surface area contributed by atoms with Gasteiger partial charge in [0.25, 0.3) is 0 Å². The molecule has 0 unspecified atom stereocenters. The van der Waals surface area contributed by atoms with Gasteiger partial charge in [0.2, 0.25) is 0 Å². The number of nitrogens with zero attached hydrogens (tertiary/aromatic N) is 1. The highest BCUT2D eigenvalue weighted by Gasteiger charge is 2.15. The Balaban J connectivity index is 1.90. The molecule has 0 amide bonds. The van der Waals surface area contributed by atoms with E-state index in [1.165, 1.54) is 26.6 Å². The molecule has 0 atom stereocenters. The van der Waals surface area contributed by atoms with Gasteiger partial charge in [-0.15, -0.1) is 11.3 Å². The van der Waals surface area contributed by atoms with Crippen molar-refractivity contribution in [2.75, 3.05) is 0 Å². The van der Waals surface area contributed by atoms with Crippen LogP contribution in [0, 0.1) is 13.8 Å². The molecule has 3 heteroatoms. The zero-order chi connectivity index (χ0) is 16.3. The first kappa shape index (κ1) is 13.8. The summed E-state index contributed by atoms with van der Waals surface area (Å²) in [5, 5.41) is 5.76. The monoisotopic (exact) mass is 329 g/mol. The summed E-state index contributed by atoms with van der Waals surface area (Å²) >= 11 is 1.76. The maximum absolute atomic E-state index is 6.25. The molecule has 5 rings (SSSR count). The number of aryl methyl sites for hydroxylation is 2. The lowest BCUT2D eigenvalue weighted by Crippen LogP contribution is -1.88. The molecule has 24 heavy (non-hydrogen) atoms. The van der Waals surface area contributed by atoms with Crippen molar-refractivity contribution < 1.29 is 4.42 Å². The van der Waals surface area contributed by atoms with E-state index in [1.54, 1.807) is 11.3 Å². The van der Waals surface area contributed by atoms with E-state index in [4.69, 9.17) is 4.42 Å². The van der Waals surface area contributed by atoms with Crippen molar-refractivity contribution in [1.82, 2.24) is 4.98 Å². The molecule has 0 saturated carbocycles. The van der Waals surface area contributed by atoms with Gasteiger partial charge in [-0.1, -0.05) is 12.1 Å². The van der Waals surface area contributed by atoms with Gasteiger partial charge in [-0.2, -0.15) is 0 Å². The zero-order valence-electron chi connectivity index (χ0n) is 13.5. The molecular weight excluding hydrogens is 314 g/mol. The Morgan fingerprint density at radius 1 is 0.958 bits per heavy atom. The van der Waals surface area contributed by atoms with E-state index in [0.29, 0.717) is 0 Å². The molecule has 2 aromatic carbocycles.